The van der Waals surface area contributed by atoms with Crippen LogP contribution in [0.5, 0.6) is 0 Å². The van der Waals surface area contributed by atoms with Crippen molar-refractivity contribution in [1.82, 2.24) is 10.9 Å². The summed E-state index contributed by atoms with van der Waals surface area (Å²) in [5.74, 6) is 0.340. The Morgan fingerprint density at radius 1 is 1.12 bits per heavy atom. The third-order valence-electron chi connectivity index (χ3n) is 4.74. The van der Waals surface area contributed by atoms with Crippen LogP contribution in [0.1, 0.15) is 63.5 Å². The lowest BCUT2D eigenvalue weighted by atomic mass is 10.0. The van der Waals surface area contributed by atoms with Gasteiger partial charge in [-0.3, -0.25) is 15.0 Å². The normalized spacial score (nSPS) is 21.1. The lowest BCUT2D eigenvalue weighted by molar-refractivity contribution is -0.124. The van der Waals surface area contributed by atoms with Crippen LogP contribution in [-0.4, -0.2) is 11.7 Å². The number of allylic oxidation sites excluding steroid dienone is 2. The molecule has 2 aliphatic rings. The van der Waals surface area contributed by atoms with Gasteiger partial charge in [0.25, 0.3) is 0 Å². The molecule has 128 valence electrons. The molecule has 1 aromatic rings. The fourth-order valence-corrected chi connectivity index (χ4v) is 3.29. The van der Waals surface area contributed by atoms with Crippen LogP contribution in [0.2, 0.25) is 0 Å². The molecule has 1 aliphatic heterocycles. The first-order valence-corrected chi connectivity index (χ1v) is 8.84. The highest BCUT2D eigenvalue weighted by atomic mass is 16.2. The first-order valence-electron chi connectivity index (χ1n) is 8.84. The number of hydrogen-bond acceptors (Lipinski definition) is 4. The summed E-state index contributed by atoms with van der Waals surface area (Å²) in [6.45, 7) is 2.15. The van der Waals surface area contributed by atoms with Crippen molar-refractivity contribution in [3.8, 4) is 0 Å². The van der Waals surface area contributed by atoms with Crippen molar-refractivity contribution in [1.29, 1.82) is 0 Å². The maximum atomic E-state index is 12.0. The average molecular weight is 327 g/mol. The van der Waals surface area contributed by atoms with Gasteiger partial charge in [0.05, 0.1) is 6.04 Å². The summed E-state index contributed by atoms with van der Waals surface area (Å²) in [6.07, 6.45) is 5.84. The van der Waals surface area contributed by atoms with E-state index in [1.807, 2.05) is 12.1 Å². The van der Waals surface area contributed by atoms with Crippen molar-refractivity contribution >= 4 is 17.4 Å². The fraction of sp³-hybridized carbons (Fsp3) is 0.474. The van der Waals surface area contributed by atoms with Crippen LogP contribution in [-0.2, 0) is 9.59 Å². The largest absolute Gasteiger partial charge is 0.359 e. The van der Waals surface area contributed by atoms with E-state index < -0.39 is 0 Å². The summed E-state index contributed by atoms with van der Waals surface area (Å²) in [7, 11) is 0. The molecular formula is C19H25N3O2. The molecule has 1 saturated heterocycles. The SMILES string of the molecule is CCCCC1=C(Nc2ccc(C3CCC(=O)NN3)cc2)CCC1=O. The quantitative estimate of drug-likeness (QED) is 0.749. The molecule has 0 spiro atoms. The molecule has 1 heterocycles. The zero-order valence-electron chi connectivity index (χ0n) is 14.2. The van der Waals surface area contributed by atoms with E-state index in [0.29, 0.717) is 18.6 Å². The number of carbonyl (C=O) groups excluding carboxylic acids is 2. The maximum Gasteiger partial charge on any atom is 0.234 e. The zero-order chi connectivity index (χ0) is 16.9. The molecule has 3 N–H and O–H groups in total. The molecule has 0 bridgehead atoms. The highest BCUT2D eigenvalue weighted by molar-refractivity contribution is 5.99. The summed E-state index contributed by atoms with van der Waals surface area (Å²) in [6, 6.07) is 8.38. The van der Waals surface area contributed by atoms with Crippen LogP contribution in [0.4, 0.5) is 5.69 Å². The van der Waals surface area contributed by atoms with Gasteiger partial charge in [-0.15, -0.1) is 0 Å². The summed E-state index contributed by atoms with van der Waals surface area (Å²) in [5, 5.41) is 3.44. The van der Waals surface area contributed by atoms with Crippen LogP contribution < -0.4 is 16.2 Å². The number of benzene rings is 1. The van der Waals surface area contributed by atoms with Crippen LogP contribution in [0, 0.1) is 0 Å². The molecule has 0 saturated carbocycles. The molecule has 5 heteroatoms. The summed E-state index contributed by atoms with van der Waals surface area (Å²) < 4.78 is 0. The van der Waals surface area contributed by atoms with E-state index in [-0.39, 0.29) is 11.9 Å². The molecule has 1 unspecified atom stereocenters. The summed E-state index contributed by atoms with van der Waals surface area (Å²) in [5.41, 5.74) is 9.96. The molecule has 24 heavy (non-hydrogen) atoms. The molecule has 1 aliphatic carbocycles. The Kier molecular flexibility index (Phi) is 5.30. The molecule has 5 nitrogen and oxygen atoms in total. The Morgan fingerprint density at radius 2 is 1.92 bits per heavy atom. The van der Waals surface area contributed by atoms with Gasteiger partial charge < -0.3 is 5.32 Å². The third-order valence-corrected chi connectivity index (χ3v) is 4.74. The van der Waals surface area contributed by atoms with Gasteiger partial charge in [0.15, 0.2) is 5.78 Å². The van der Waals surface area contributed by atoms with Crippen LogP contribution in [0.3, 0.4) is 0 Å². The van der Waals surface area contributed by atoms with Gasteiger partial charge in [0, 0.05) is 29.8 Å². The van der Waals surface area contributed by atoms with Gasteiger partial charge >= 0.3 is 0 Å². The van der Waals surface area contributed by atoms with Crippen molar-refractivity contribution in [3.63, 3.8) is 0 Å². The zero-order valence-corrected chi connectivity index (χ0v) is 14.2. The van der Waals surface area contributed by atoms with Gasteiger partial charge in [-0.05, 0) is 43.4 Å². The number of amides is 1. The molecule has 1 aromatic carbocycles. The van der Waals surface area contributed by atoms with E-state index in [0.717, 1.165) is 54.6 Å². The number of hydrogen-bond donors (Lipinski definition) is 3. The molecule has 1 fully saturated rings. The first-order chi connectivity index (χ1) is 11.7. The van der Waals surface area contributed by atoms with E-state index in [4.69, 9.17) is 0 Å². The van der Waals surface area contributed by atoms with Crippen molar-refractivity contribution in [2.75, 3.05) is 5.32 Å². The van der Waals surface area contributed by atoms with E-state index in [1.165, 1.54) is 0 Å². The standard InChI is InChI=1S/C19H25N3O2/c1-2-3-4-15-17(9-11-18(15)23)20-14-7-5-13(6-8-14)16-10-12-19(24)22-21-16/h5-8,16,20-21H,2-4,9-12H2,1H3,(H,22,24). The van der Waals surface area contributed by atoms with E-state index in [2.05, 4.69) is 35.2 Å². The highest BCUT2D eigenvalue weighted by Gasteiger charge is 2.23. The Balaban J connectivity index is 1.66. The van der Waals surface area contributed by atoms with E-state index in [1.54, 1.807) is 0 Å². The number of nitrogens with one attached hydrogen (secondary N) is 3. The molecule has 1 amide bonds. The fourth-order valence-electron chi connectivity index (χ4n) is 3.29. The second-order valence-electron chi connectivity index (χ2n) is 6.51. The molecule has 0 radical (unpaired) electrons. The number of rotatable bonds is 6. The Labute approximate surface area is 142 Å². The number of anilines is 1. The monoisotopic (exact) mass is 327 g/mol. The first kappa shape index (κ1) is 16.7. The minimum atomic E-state index is 0.0435. The average Bonchev–Trinajstić information content (AvgIpc) is 2.94. The summed E-state index contributed by atoms with van der Waals surface area (Å²) in [4.78, 5) is 23.2. The summed E-state index contributed by atoms with van der Waals surface area (Å²) >= 11 is 0. The van der Waals surface area contributed by atoms with Gasteiger partial charge in [-0.1, -0.05) is 25.5 Å². The molecular weight excluding hydrogens is 302 g/mol. The number of Topliss-reactive ketones (excluding diaryl/α,β-unsaturated/α-hetero) is 1. The second kappa shape index (κ2) is 7.62. The number of hydrazine groups is 1. The molecule has 0 aromatic heterocycles. The molecule has 3 rings (SSSR count). The van der Waals surface area contributed by atoms with Gasteiger partial charge in [0.1, 0.15) is 0 Å². The topological polar surface area (TPSA) is 70.2 Å². The van der Waals surface area contributed by atoms with Crippen LogP contribution in [0.25, 0.3) is 0 Å². The van der Waals surface area contributed by atoms with Crippen LogP contribution >= 0.6 is 0 Å². The number of carbonyl (C=O) groups is 2. The lowest BCUT2D eigenvalue weighted by Crippen LogP contribution is -2.44. The van der Waals surface area contributed by atoms with E-state index in [9.17, 15) is 9.59 Å². The van der Waals surface area contributed by atoms with Crippen molar-refractivity contribution in [3.05, 3.63) is 41.1 Å². The highest BCUT2D eigenvalue weighted by Crippen LogP contribution is 2.29. The van der Waals surface area contributed by atoms with Crippen molar-refractivity contribution in [2.24, 2.45) is 0 Å². The Morgan fingerprint density at radius 3 is 2.58 bits per heavy atom. The van der Waals surface area contributed by atoms with Gasteiger partial charge in [-0.25, -0.2) is 5.43 Å². The Bertz CT molecular complexity index is 639. The lowest BCUT2D eigenvalue weighted by Gasteiger charge is -2.24. The number of unbranched alkanes of at least 4 members (excludes halogenated alkanes) is 1. The minimum absolute atomic E-state index is 0.0435. The van der Waals surface area contributed by atoms with Gasteiger partial charge in [-0.2, -0.15) is 0 Å². The van der Waals surface area contributed by atoms with Crippen molar-refractivity contribution in [2.45, 2.75) is 57.9 Å². The van der Waals surface area contributed by atoms with E-state index >= 15 is 0 Å². The second-order valence-corrected chi connectivity index (χ2v) is 6.51. The predicted octanol–water partition coefficient (Wildman–Crippen LogP) is 3.36. The van der Waals surface area contributed by atoms with Crippen LogP contribution in [0.15, 0.2) is 35.5 Å². The van der Waals surface area contributed by atoms with Gasteiger partial charge in [0.2, 0.25) is 5.91 Å². The molecule has 1 atom stereocenters. The third kappa shape index (κ3) is 3.85. The predicted molar refractivity (Wildman–Crippen MR) is 94.1 cm³/mol. The Hall–Kier alpha value is -2.14. The maximum absolute atomic E-state index is 12.0. The minimum Gasteiger partial charge on any atom is -0.359 e. The smallest absolute Gasteiger partial charge is 0.234 e. The van der Waals surface area contributed by atoms with Crippen molar-refractivity contribution < 1.29 is 9.59 Å². The number of ketones is 1.